The Hall–Kier alpha value is -1.12. The normalized spacial score (nSPS) is 56.9. The second-order valence-corrected chi connectivity index (χ2v) is 7.06. The molecule has 4 rings (SSSR count). The van der Waals surface area contributed by atoms with Crippen LogP contribution in [0.25, 0.3) is 0 Å². The van der Waals surface area contributed by atoms with Gasteiger partial charge in [-0.25, -0.2) is 4.79 Å². The molecule has 0 aromatic carbocycles. The Balaban J connectivity index is 1.81. The fraction of sp³-hybridized carbons (Fsp3) is 0.733. The van der Waals surface area contributed by atoms with E-state index in [0.29, 0.717) is 11.4 Å². The van der Waals surface area contributed by atoms with Crippen molar-refractivity contribution in [1.82, 2.24) is 0 Å². The van der Waals surface area contributed by atoms with Crippen LogP contribution in [-0.4, -0.2) is 17.9 Å². The Morgan fingerprint density at radius 1 is 1.33 bits per heavy atom. The number of carbonyl (C=O) groups is 2. The number of ketones is 1. The Kier molecular flexibility index (Phi) is 1.63. The number of Topliss-reactive ketones (excluding diaryl/α,β-unsaturated/α-hetero) is 1. The summed E-state index contributed by atoms with van der Waals surface area (Å²) in [7, 11) is 0. The molecule has 3 heteroatoms. The van der Waals surface area contributed by atoms with Crippen molar-refractivity contribution in [2.75, 3.05) is 0 Å². The van der Waals surface area contributed by atoms with E-state index in [-0.39, 0.29) is 40.7 Å². The molecular weight excluding hydrogens is 228 g/mol. The Bertz CT molecular complexity index is 508. The van der Waals surface area contributed by atoms with Crippen molar-refractivity contribution < 1.29 is 14.3 Å². The lowest BCUT2D eigenvalue weighted by molar-refractivity contribution is -0.151. The van der Waals surface area contributed by atoms with Crippen molar-refractivity contribution in [1.29, 1.82) is 0 Å². The van der Waals surface area contributed by atoms with E-state index in [0.717, 1.165) is 19.3 Å². The first-order valence-corrected chi connectivity index (χ1v) is 6.84. The molecule has 3 nitrogen and oxygen atoms in total. The van der Waals surface area contributed by atoms with Crippen LogP contribution in [0.5, 0.6) is 0 Å². The lowest BCUT2D eigenvalue weighted by Gasteiger charge is -2.44. The van der Waals surface area contributed by atoms with Crippen LogP contribution in [-0.2, 0) is 14.3 Å². The minimum Gasteiger partial charge on any atom is -0.458 e. The van der Waals surface area contributed by atoms with Gasteiger partial charge >= 0.3 is 5.97 Å². The van der Waals surface area contributed by atoms with Gasteiger partial charge in [-0.05, 0) is 24.7 Å². The summed E-state index contributed by atoms with van der Waals surface area (Å²) in [5.74, 6) is 0.763. The number of hydrogen-bond donors (Lipinski definition) is 0. The molecule has 0 aromatic rings. The predicted octanol–water partition coefficient (Wildman–Crippen LogP) is 2.11. The molecular formula is C15H18O3. The molecule has 1 heterocycles. The Labute approximate surface area is 107 Å². The van der Waals surface area contributed by atoms with Crippen LogP contribution in [0.2, 0.25) is 0 Å². The molecule has 96 valence electrons. The SMILES string of the molecule is C=C1C(=O)OC2C1CCC1(C)C(=O)C3CC3(C)C21. The van der Waals surface area contributed by atoms with Crippen molar-refractivity contribution in [3.63, 3.8) is 0 Å². The third-order valence-corrected chi connectivity index (χ3v) is 6.21. The van der Waals surface area contributed by atoms with E-state index in [1.54, 1.807) is 0 Å². The van der Waals surface area contributed by atoms with Crippen molar-refractivity contribution in [3.05, 3.63) is 12.2 Å². The highest BCUT2D eigenvalue weighted by atomic mass is 16.6. The summed E-state index contributed by atoms with van der Waals surface area (Å²) in [6.07, 6.45) is 2.65. The number of esters is 1. The summed E-state index contributed by atoms with van der Waals surface area (Å²) < 4.78 is 5.58. The maximum Gasteiger partial charge on any atom is 0.334 e. The van der Waals surface area contributed by atoms with Gasteiger partial charge in [-0.1, -0.05) is 20.4 Å². The average Bonchev–Trinajstić information content (AvgIpc) is 2.86. The van der Waals surface area contributed by atoms with E-state index in [1.807, 2.05) is 0 Å². The van der Waals surface area contributed by atoms with E-state index in [1.165, 1.54) is 0 Å². The van der Waals surface area contributed by atoms with Crippen LogP contribution < -0.4 is 0 Å². The zero-order chi connectivity index (χ0) is 12.9. The fourth-order valence-electron chi connectivity index (χ4n) is 5.14. The van der Waals surface area contributed by atoms with E-state index < -0.39 is 0 Å². The van der Waals surface area contributed by atoms with Gasteiger partial charge in [0.1, 0.15) is 11.9 Å². The minimum absolute atomic E-state index is 0.0834. The van der Waals surface area contributed by atoms with Crippen LogP contribution in [0.4, 0.5) is 0 Å². The minimum atomic E-state index is -0.260. The highest BCUT2D eigenvalue weighted by Crippen LogP contribution is 2.74. The van der Waals surface area contributed by atoms with Gasteiger partial charge < -0.3 is 4.74 Å². The van der Waals surface area contributed by atoms with Gasteiger partial charge in [-0.3, -0.25) is 4.79 Å². The molecule has 3 saturated carbocycles. The first-order valence-electron chi connectivity index (χ1n) is 6.84. The number of ether oxygens (including phenoxy) is 1. The van der Waals surface area contributed by atoms with E-state index >= 15 is 0 Å². The summed E-state index contributed by atoms with van der Waals surface area (Å²) in [4.78, 5) is 24.2. The molecule has 0 amide bonds. The zero-order valence-electron chi connectivity index (χ0n) is 10.9. The van der Waals surface area contributed by atoms with Gasteiger partial charge in [0.25, 0.3) is 0 Å². The number of fused-ring (bicyclic) bond motifs is 5. The maximum absolute atomic E-state index is 12.5. The fourth-order valence-corrected chi connectivity index (χ4v) is 5.14. The van der Waals surface area contributed by atoms with Crippen LogP contribution in [0, 0.1) is 28.6 Å². The first kappa shape index (κ1) is 10.8. The van der Waals surface area contributed by atoms with E-state index in [2.05, 4.69) is 20.4 Å². The van der Waals surface area contributed by atoms with Crippen LogP contribution in [0.15, 0.2) is 12.2 Å². The number of carbonyl (C=O) groups excluding carboxylic acids is 2. The van der Waals surface area contributed by atoms with Crippen molar-refractivity contribution in [2.45, 2.75) is 39.2 Å². The summed E-state index contributed by atoms with van der Waals surface area (Å²) in [5, 5.41) is 0. The van der Waals surface area contributed by atoms with Crippen LogP contribution in [0.1, 0.15) is 33.1 Å². The van der Waals surface area contributed by atoms with Gasteiger partial charge in [0.05, 0.1) is 0 Å². The second kappa shape index (κ2) is 2.73. The van der Waals surface area contributed by atoms with Gasteiger partial charge in [0, 0.05) is 28.7 Å². The van der Waals surface area contributed by atoms with Crippen molar-refractivity contribution in [2.24, 2.45) is 28.6 Å². The van der Waals surface area contributed by atoms with Gasteiger partial charge in [0.15, 0.2) is 0 Å². The molecule has 4 aliphatic rings. The lowest BCUT2D eigenvalue weighted by atomic mass is 9.59. The smallest absolute Gasteiger partial charge is 0.334 e. The molecule has 18 heavy (non-hydrogen) atoms. The molecule has 0 radical (unpaired) electrons. The lowest BCUT2D eigenvalue weighted by Crippen LogP contribution is -2.47. The molecule has 0 spiro atoms. The molecule has 4 fully saturated rings. The second-order valence-electron chi connectivity index (χ2n) is 7.06. The third-order valence-electron chi connectivity index (χ3n) is 6.21. The standard InChI is InChI=1S/C15H18O3/c1-7-8-4-5-14(2)11(10(8)18-13(7)17)15(3)6-9(15)12(14)16/h8-11H,1,4-6H2,2-3H3. The van der Waals surface area contributed by atoms with E-state index in [9.17, 15) is 9.59 Å². The number of rotatable bonds is 0. The van der Waals surface area contributed by atoms with Crippen molar-refractivity contribution in [3.8, 4) is 0 Å². The van der Waals surface area contributed by atoms with Crippen LogP contribution in [0.3, 0.4) is 0 Å². The molecule has 6 atom stereocenters. The first-order chi connectivity index (χ1) is 8.39. The largest absolute Gasteiger partial charge is 0.458 e. The number of hydrogen-bond acceptors (Lipinski definition) is 3. The highest BCUT2D eigenvalue weighted by molar-refractivity contribution is 5.95. The molecule has 0 bridgehead atoms. The summed E-state index contributed by atoms with van der Waals surface area (Å²) in [6, 6.07) is 0. The third kappa shape index (κ3) is 0.918. The predicted molar refractivity (Wildman–Crippen MR) is 64.6 cm³/mol. The topological polar surface area (TPSA) is 43.4 Å². The quantitative estimate of drug-likeness (QED) is 0.485. The molecule has 0 N–H and O–H groups in total. The Morgan fingerprint density at radius 2 is 2.06 bits per heavy atom. The van der Waals surface area contributed by atoms with Gasteiger partial charge in [-0.15, -0.1) is 0 Å². The van der Waals surface area contributed by atoms with Crippen LogP contribution >= 0.6 is 0 Å². The zero-order valence-corrected chi connectivity index (χ0v) is 10.9. The molecule has 6 unspecified atom stereocenters. The van der Waals surface area contributed by atoms with Crippen molar-refractivity contribution >= 4 is 11.8 Å². The average molecular weight is 246 g/mol. The maximum atomic E-state index is 12.5. The molecule has 1 aliphatic heterocycles. The molecule has 0 aromatic heterocycles. The summed E-state index contributed by atoms with van der Waals surface area (Å²) in [6.45, 7) is 8.16. The monoisotopic (exact) mass is 246 g/mol. The van der Waals surface area contributed by atoms with Gasteiger partial charge in [-0.2, -0.15) is 0 Å². The summed E-state index contributed by atoms with van der Waals surface area (Å²) in [5.41, 5.74) is 0.450. The highest BCUT2D eigenvalue weighted by Gasteiger charge is 2.77. The molecule has 1 saturated heterocycles. The Morgan fingerprint density at radius 3 is 2.78 bits per heavy atom. The van der Waals surface area contributed by atoms with E-state index in [4.69, 9.17) is 4.74 Å². The molecule has 3 aliphatic carbocycles. The van der Waals surface area contributed by atoms with Gasteiger partial charge in [0.2, 0.25) is 0 Å². The summed E-state index contributed by atoms with van der Waals surface area (Å²) >= 11 is 0.